The highest BCUT2D eigenvalue weighted by Gasteiger charge is 2.43. The van der Waals surface area contributed by atoms with E-state index in [9.17, 15) is 10.2 Å². The van der Waals surface area contributed by atoms with E-state index in [0.717, 1.165) is 88.4 Å². The SMILES string of the molecule is CCC[Si](C)(CCC[Si](OC)(OC)OC)CCC[Si](OC)(OC)OC.CO[Si](CCCC(C)(O)CCC[Si](OC)(OC)OC)(OC)OC.CO[Si](CCCCCCCCC(C)(O)CCCCCCCC[Si](OC)(OC)OC)(OC)OC. The molecule has 0 aromatic carbocycles. The second kappa shape index (κ2) is 48.6. The predicted octanol–water partition coefficient (Wildman–Crippen LogP) is 12.0. The molecule has 0 atom stereocenters. The standard InChI is InChI=1S/C24H54O7Si2.C16H40O6Si3.C14H34O7Si2/c1-24(25,20-16-12-8-10-14-18-22-32(26-2,27-3)28-4)21-17-13-9-11-15-19-23-33(29-5,30-6)31-7;1-9-12-23(8,13-10-15-24(17-2,18-3)19-4)14-11-16-25(20-5,21-6)22-7;1-14(15,10-8-12-22(16-2,17-3)18-4)11-9-13-23(19-5,20-6)21-7/h25H,8-23H2,1-7H3;9-16H2,1-8H3;15H,8-13H2,1-7H3. The predicted molar refractivity (Wildman–Crippen MR) is 339 cm³/mol. The van der Waals surface area contributed by atoms with Gasteiger partial charge in [0, 0.05) is 164 Å². The topological polar surface area (TPSA) is 207 Å². The van der Waals surface area contributed by atoms with E-state index in [1.807, 2.05) is 13.8 Å². The summed E-state index contributed by atoms with van der Waals surface area (Å²) >= 11 is 0. The summed E-state index contributed by atoms with van der Waals surface area (Å²) in [4.78, 5) is 0. The van der Waals surface area contributed by atoms with Gasteiger partial charge in [-0.2, -0.15) is 0 Å². The van der Waals surface area contributed by atoms with Crippen LogP contribution in [0.15, 0.2) is 0 Å². The summed E-state index contributed by atoms with van der Waals surface area (Å²) in [6.45, 7) is 8.64. The van der Waals surface area contributed by atoms with Crippen molar-refractivity contribution in [3.63, 3.8) is 0 Å². The molecule has 0 aromatic heterocycles. The van der Waals surface area contributed by atoms with Crippen LogP contribution in [0.2, 0.25) is 60.9 Å². The molecule has 0 aromatic rings. The maximum absolute atomic E-state index is 10.7. The van der Waals surface area contributed by atoms with Gasteiger partial charge in [-0.25, -0.2) is 0 Å². The lowest BCUT2D eigenvalue weighted by atomic mass is 9.91. The first-order valence-electron chi connectivity index (χ1n) is 29.8. The van der Waals surface area contributed by atoms with Crippen LogP contribution in [0.3, 0.4) is 0 Å². The number of hydrogen-bond acceptors (Lipinski definition) is 20. The summed E-state index contributed by atoms with van der Waals surface area (Å²) < 4.78 is 98.4. The first-order valence-corrected chi connectivity index (χ1v) is 44.5. The Labute approximate surface area is 504 Å². The van der Waals surface area contributed by atoms with Gasteiger partial charge in [-0.05, 0) is 65.2 Å². The second-order valence-corrected chi connectivity index (χ2v) is 45.6. The van der Waals surface area contributed by atoms with Crippen LogP contribution >= 0.6 is 0 Å². The molecule has 0 heterocycles. The van der Waals surface area contributed by atoms with Crippen molar-refractivity contribution in [2.45, 2.75) is 228 Å². The van der Waals surface area contributed by atoms with Gasteiger partial charge in [0.05, 0.1) is 19.3 Å². The van der Waals surface area contributed by atoms with Gasteiger partial charge in [0.15, 0.2) is 0 Å². The van der Waals surface area contributed by atoms with Crippen molar-refractivity contribution < 1.29 is 89.9 Å². The summed E-state index contributed by atoms with van der Waals surface area (Å²) in [6.07, 6.45) is 22.0. The minimum Gasteiger partial charge on any atom is -0.390 e. The van der Waals surface area contributed by atoms with E-state index >= 15 is 0 Å². The van der Waals surface area contributed by atoms with E-state index in [0.29, 0.717) is 24.9 Å². The molecule has 492 valence electrons. The molecule has 0 saturated heterocycles. The fourth-order valence-electron chi connectivity index (χ4n) is 10.5. The molecule has 20 nitrogen and oxygen atoms in total. The molecular formula is C54H128O20Si7. The molecule has 0 rings (SSSR count). The van der Waals surface area contributed by atoms with E-state index in [2.05, 4.69) is 13.5 Å². The third-order valence-electron chi connectivity index (χ3n) is 16.3. The highest BCUT2D eigenvalue weighted by molar-refractivity contribution is 6.78. The van der Waals surface area contributed by atoms with Crippen LogP contribution in [-0.4, -0.2) is 210 Å². The third-order valence-corrected chi connectivity index (χ3v) is 38.1. The Kier molecular flexibility index (Phi) is 51.6. The van der Waals surface area contributed by atoms with Crippen molar-refractivity contribution in [3.05, 3.63) is 0 Å². The molecule has 0 bridgehead atoms. The van der Waals surface area contributed by atoms with Crippen LogP contribution in [0.1, 0.15) is 156 Å². The van der Waals surface area contributed by atoms with Gasteiger partial charge in [-0.3, -0.25) is 0 Å². The van der Waals surface area contributed by atoms with E-state index in [-0.39, 0.29) is 0 Å². The van der Waals surface area contributed by atoms with Crippen LogP contribution < -0.4 is 0 Å². The van der Waals surface area contributed by atoms with Gasteiger partial charge in [0.1, 0.15) is 0 Å². The van der Waals surface area contributed by atoms with E-state index in [4.69, 9.17) is 79.7 Å². The van der Waals surface area contributed by atoms with Crippen molar-refractivity contribution >= 4 is 60.9 Å². The van der Waals surface area contributed by atoms with Gasteiger partial charge >= 0.3 is 52.8 Å². The summed E-state index contributed by atoms with van der Waals surface area (Å²) in [5.74, 6) is 0. The van der Waals surface area contributed by atoms with Gasteiger partial charge in [-0.1, -0.05) is 115 Å². The summed E-state index contributed by atoms with van der Waals surface area (Å²) in [6, 6.07) is 8.77. The summed E-state index contributed by atoms with van der Waals surface area (Å²) in [5, 5.41) is 21.2. The van der Waals surface area contributed by atoms with Crippen molar-refractivity contribution in [2.75, 3.05) is 128 Å². The Morgan fingerprint density at radius 2 is 0.407 bits per heavy atom. The van der Waals surface area contributed by atoms with Crippen molar-refractivity contribution in [1.29, 1.82) is 0 Å². The monoisotopic (exact) mass is 1290 g/mol. The Balaban J connectivity index is -0.00000115. The molecule has 0 unspecified atom stereocenters. The lowest BCUT2D eigenvalue weighted by molar-refractivity contribution is 0.0358. The smallest absolute Gasteiger partial charge is 0.390 e. The zero-order valence-electron chi connectivity index (χ0n) is 56.0. The summed E-state index contributed by atoms with van der Waals surface area (Å²) in [7, 11) is 13.6. The Morgan fingerprint density at radius 3 is 0.617 bits per heavy atom. The summed E-state index contributed by atoms with van der Waals surface area (Å²) in [5.41, 5.74) is -1.29. The van der Waals surface area contributed by atoms with Crippen molar-refractivity contribution in [3.8, 4) is 0 Å². The maximum atomic E-state index is 10.7. The molecule has 0 aliphatic heterocycles. The maximum Gasteiger partial charge on any atom is 0.500 e. The quantitative estimate of drug-likeness (QED) is 0.0429. The average Bonchev–Trinajstić information content (AvgIpc) is 3.48. The number of hydrogen-bond donors (Lipinski definition) is 2. The molecule has 2 N–H and O–H groups in total. The van der Waals surface area contributed by atoms with Gasteiger partial charge < -0.3 is 89.9 Å². The zero-order chi connectivity index (χ0) is 62.4. The molecule has 27 heteroatoms. The van der Waals surface area contributed by atoms with Crippen LogP contribution in [0, 0.1) is 0 Å². The van der Waals surface area contributed by atoms with Crippen LogP contribution in [0.5, 0.6) is 0 Å². The molecular weight excluding hydrogens is 1170 g/mol. The number of unbranched alkanes of at least 4 members (excludes halogenated alkanes) is 10. The normalized spacial score (nSPS) is 13.3. The van der Waals surface area contributed by atoms with Crippen molar-refractivity contribution in [1.82, 2.24) is 0 Å². The lowest BCUT2D eigenvalue weighted by Crippen LogP contribution is -2.44. The molecule has 0 aliphatic rings. The number of aliphatic hydroxyl groups is 2. The van der Waals surface area contributed by atoms with Crippen LogP contribution in [0.25, 0.3) is 0 Å². The molecule has 81 heavy (non-hydrogen) atoms. The van der Waals surface area contributed by atoms with Gasteiger partial charge in [0.2, 0.25) is 0 Å². The van der Waals surface area contributed by atoms with Gasteiger partial charge in [-0.15, -0.1) is 0 Å². The molecule has 0 fully saturated rings. The highest BCUT2D eigenvalue weighted by atomic mass is 28.4. The average molecular weight is 1290 g/mol. The van der Waals surface area contributed by atoms with Crippen LogP contribution in [-0.2, 0) is 79.7 Å². The highest BCUT2D eigenvalue weighted by Crippen LogP contribution is 2.32. The molecule has 0 radical (unpaired) electrons. The zero-order valence-corrected chi connectivity index (χ0v) is 63.0. The Morgan fingerprint density at radius 1 is 0.235 bits per heavy atom. The first-order chi connectivity index (χ1) is 38.4. The van der Waals surface area contributed by atoms with E-state index in [1.54, 1.807) is 128 Å². The largest absolute Gasteiger partial charge is 0.500 e. The first kappa shape index (κ1) is 85.9. The molecule has 0 amide bonds. The lowest BCUT2D eigenvalue weighted by Gasteiger charge is -2.31. The minimum atomic E-state index is -2.56. The van der Waals surface area contributed by atoms with E-state index in [1.165, 1.54) is 75.9 Å². The van der Waals surface area contributed by atoms with Crippen LogP contribution in [0.4, 0.5) is 0 Å². The molecule has 0 spiro atoms. The number of rotatable bonds is 54. The second-order valence-electron chi connectivity index (χ2n) is 22.0. The molecule has 0 aliphatic carbocycles. The van der Waals surface area contributed by atoms with Gasteiger partial charge in [0.25, 0.3) is 0 Å². The van der Waals surface area contributed by atoms with Crippen molar-refractivity contribution in [2.24, 2.45) is 0 Å². The molecule has 0 saturated carbocycles. The Hall–Kier alpha value is 0.718. The fraction of sp³-hybridized carbons (Fsp3) is 1.00. The minimum absolute atomic E-state index is 0.527. The Bertz CT molecular complexity index is 1270. The van der Waals surface area contributed by atoms with E-state index < -0.39 is 72.1 Å². The fourth-order valence-corrected chi connectivity index (χ4v) is 25.7. The third kappa shape index (κ3) is 36.7.